The van der Waals surface area contributed by atoms with Crippen molar-refractivity contribution in [3.05, 3.63) is 119 Å². The van der Waals surface area contributed by atoms with E-state index in [1.165, 1.54) is 11.1 Å². The summed E-state index contributed by atoms with van der Waals surface area (Å²) in [5.41, 5.74) is 4.59. The van der Waals surface area contributed by atoms with Crippen LogP contribution in [0.15, 0.2) is 97.1 Å². The summed E-state index contributed by atoms with van der Waals surface area (Å²) in [5.74, 6) is 2.34. The third-order valence-corrected chi connectivity index (χ3v) is 6.82. The van der Waals surface area contributed by atoms with Crippen LogP contribution in [0.4, 0.5) is 5.69 Å². The maximum absolute atomic E-state index is 11.2. The first-order valence-electron chi connectivity index (χ1n) is 13.3. The molecule has 0 spiro atoms. The summed E-state index contributed by atoms with van der Waals surface area (Å²) in [6.45, 7) is 1.43. The number of rotatable bonds is 15. The summed E-state index contributed by atoms with van der Waals surface area (Å²) >= 11 is 0. The number of aliphatic hydroxyl groups is 1. The van der Waals surface area contributed by atoms with E-state index in [2.05, 4.69) is 34.9 Å². The van der Waals surface area contributed by atoms with Gasteiger partial charge in [-0.15, -0.1) is 0 Å². The number of hydrogen-bond acceptors (Lipinski definition) is 6. The standard InChI is InChI=1S/C33H36N2O5/c1-38-28-13-8-25(9-14-28)30(26-10-15-29(39-2)16-11-26)18-19-34-21-32(37)27-12-17-33(31(20-27)35-23-36)40-22-24-6-4-3-5-7-24/h3-17,20,23,30,32,34,37H,18-19,21-22H2,1-2H3,(H,35,36). The van der Waals surface area contributed by atoms with Crippen molar-refractivity contribution in [3.8, 4) is 17.2 Å². The number of carbonyl (C=O) groups is 1. The van der Waals surface area contributed by atoms with Crippen molar-refractivity contribution in [2.24, 2.45) is 0 Å². The normalized spacial score (nSPS) is 11.6. The highest BCUT2D eigenvalue weighted by Crippen LogP contribution is 2.31. The van der Waals surface area contributed by atoms with Crippen LogP contribution < -0.4 is 24.8 Å². The first-order valence-corrected chi connectivity index (χ1v) is 13.3. The molecule has 0 aliphatic heterocycles. The van der Waals surface area contributed by atoms with Crippen molar-refractivity contribution in [2.75, 3.05) is 32.6 Å². The summed E-state index contributed by atoms with van der Waals surface area (Å²) in [6.07, 6.45) is 0.684. The molecule has 208 valence electrons. The maximum Gasteiger partial charge on any atom is 0.211 e. The van der Waals surface area contributed by atoms with Gasteiger partial charge in [0.1, 0.15) is 23.9 Å². The fourth-order valence-electron chi connectivity index (χ4n) is 4.59. The Hall–Kier alpha value is -4.33. The molecule has 1 unspecified atom stereocenters. The highest BCUT2D eigenvalue weighted by atomic mass is 16.5. The van der Waals surface area contributed by atoms with Gasteiger partial charge in [-0.05, 0) is 71.6 Å². The van der Waals surface area contributed by atoms with Gasteiger partial charge in [-0.25, -0.2) is 0 Å². The molecule has 0 aromatic heterocycles. The van der Waals surface area contributed by atoms with Gasteiger partial charge in [-0.2, -0.15) is 0 Å². The minimum absolute atomic E-state index is 0.158. The Morgan fingerprint density at radius 1 is 0.800 bits per heavy atom. The van der Waals surface area contributed by atoms with Crippen molar-refractivity contribution in [1.82, 2.24) is 5.32 Å². The molecule has 0 radical (unpaired) electrons. The number of nitrogens with one attached hydrogen (secondary N) is 2. The molecule has 7 nitrogen and oxygen atoms in total. The van der Waals surface area contributed by atoms with Gasteiger partial charge in [-0.1, -0.05) is 60.7 Å². The summed E-state index contributed by atoms with van der Waals surface area (Å²) in [7, 11) is 3.32. The summed E-state index contributed by atoms with van der Waals surface area (Å²) in [5, 5.41) is 17.0. The van der Waals surface area contributed by atoms with Crippen LogP contribution in [0.25, 0.3) is 0 Å². The second-order valence-corrected chi connectivity index (χ2v) is 9.40. The molecule has 1 atom stereocenters. The number of hydrogen-bond donors (Lipinski definition) is 3. The number of benzene rings is 4. The van der Waals surface area contributed by atoms with Crippen LogP contribution in [0.5, 0.6) is 17.2 Å². The molecular formula is C33H36N2O5. The van der Waals surface area contributed by atoms with E-state index in [-0.39, 0.29) is 5.92 Å². The average molecular weight is 541 g/mol. The quantitative estimate of drug-likeness (QED) is 0.133. The van der Waals surface area contributed by atoms with Crippen molar-refractivity contribution >= 4 is 12.1 Å². The number of anilines is 1. The smallest absolute Gasteiger partial charge is 0.211 e. The van der Waals surface area contributed by atoms with E-state index in [9.17, 15) is 9.90 Å². The summed E-state index contributed by atoms with van der Waals surface area (Å²) in [6, 6.07) is 31.4. The molecule has 0 saturated heterocycles. The van der Waals surface area contributed by atoms with Crippen LogP contribution in [0.1, 0.15) is 40.7 Å². The summed E-state index contributed by atoms with van der Waals surface area (Å²) in [4.78, 5) is 11.2. The third-order valence-electron chi connectivity index (χ3n) is 6.82. The van der Waals surface area contributed by atoms with E-state index in [4.69, 9.17) is 14.2 Å². The van der Waals surface area contributed by atoms with Crippen molar-refractivity contribution in [1.29, 1.82) is 0 Å². The summed E-state index contributed by atoms with van der Waals surface area (Å²) < 4.78 is 16.6. The lowest BCUT2D eigenvalue weighted by Crippen LogP contribution is -2.24. The SMILES string of the molecule is COc1ccc(C(CCNCC(O)c2ccc(OCc3ccccc3)c(NC=O)c2)c2ccc(OC)cc2)cc1. The zero-order valence-electron chi connectivity index (χ0n) is 22.9. The van der Waals surface area contributed by atoms with Gasteiger partial charge in [0.2, 0.25) is 6.41 Å². The molecule has 0 aliphatic carbocycles. The van der Waals surface area contributed by atoms with Crippen LogP contribution in [-0.2, 0) is 11.4 Å². The van der Waals surface area contributed by atoms with E-state index >= 15 is 0 Å². The molecule has 4 aromatic rings. The largest absolute Gasteiger partial charge is 0.497 e. The first-order chi connectivity index (χ1) is 19.6. The Morgan fingerprint density at radius 3 is 1.98 bits per heavy atom. The predicted octanol–water partition coefficient (Wildman–Crippen LogP) is 5.70. The van der Waals surface area contributed by atoms with E-state index < -0.39 is 6.10 Å². The lowest BCUT2D eigenvalue weighted by molar-refractivity contribution is -0.105. The predicted molar refractivity (Wildman–Crippen MR) is 157 cm³/mol. The Morgan fingerprint density at radius 2 is 1.40 bits per heavy atom. The average Bonchev–Trinajstić information content (AvgIpc) is 3.01. The zero-order chi connectivity index (χ0) is 28.2. The molecule has 4 aromatic carbocycles. The molecule has 0 fully saturated rings. The Labute approximate surface area is 235 Å². The topological polar surface area (TPSA) is 89.0 Å². The van der Waals surface area contributed by atoms with Crippen molar-refractivity contribution in [2.45, 2.75) is 25.0 Å². The highest BCUT2D eigenvalue weighted by molar-refractivity contribution is 5.76. The second-order valence-electron chi connectivity index (χ2n) is 9.40. The fraction of sp³-hybridized carbons (Fsp3) is 0.242. The van der Waals surface area contributed by atoms with Crippen LogP contribution in [0.3, 0.4) is 0 Å². The third kappa shape index (κ3) is 7.85. The number of carbonyl (C=O) groups excluding carboxylic acids is 1. The van der Waals surface area contributed by atoms with E-state index in [0.717, 1.165) is 23.5 Å². The molecule has 40 heavy (non-hydrogen) atoms. The first kappa shape index (κ1) is 28.7. The van der Waals surface area contributed by atoms with Gasteiger partial charge >= 0.3 is 0 Å². The Balaban J connectivity index is 1.37. The number of aliphatic hydroxyl groups excluding tert-OH is 1. The van der Waals surface area contributed by atoms with Gasteiger partial charge in [0.15, 0.2) is 0 Å². The van der Waals surface area contributed by atoms with E-state index in [1.807, 2.05) is 60.7 Å². The van der Waals surface area contributed by atoms with Gasteiger partial charge in [-0.3, -0.25) is 4.79 Å². The monoisotopic (exact) mass is 540 g/mol. The molecule has 0 heterocycles. The lowest BCUT2D eigenvalue weighted by atomic mass is 9.88. The molecule has 3 N–H and O–H groups in total. The van der Waals surface area contributed by atoms with Gasteiger partial charge in [0, 0.05) is 12.5 Å². The molecule has 0 saturated carbocycles. The molecule has 4 rings (SSSR count). The minimum Gasteiger partial charge on any atom is -0.497 e. The van der Waals surface area contributed by atoms with E-state index in [0.29, 0.717) is 43.1 Å². The molecule has 0 aliphatic rings. The van der Waals surface area contributed by atoms with Crippen LogP contribution in [-0.4, -0.2) is 38.8 Å². The van der Waals surface area contributed by atoms with Crippen LogP contribution in [0, 0.1) is 0 Å². The Bertz CT molecular complexity index is 1280. The van der Waals surface area contributed by atoms with Crippen LogP contribution >= 0.6 is 0 Å². The number of amides is 1. The Kier molecular flexibility index (Phi) is 10.6. The second kappa shape index (κ2) is 14.7. The fourth-order valence-corrected chi connectivity index (χ4v) is 4.59. The maximum atomic E-state index is 11.2. The number of ether oxygens (including phenoxy) is 3. The number of methoxy groups -OCH3 is 2. The van der Waals surface area contributed by atoms with Crippen LogP contribution in [0.2, 0.25) is 0 Å². The molecule has 1 amide bonds. The van der Waals surface area contributed by atoms with Crippen molar-refractivity contribution in [3.63, 3.8) is 0 Å². The minimum atomic E-state index is -0.754. The molecule has 7 heteroatoms. The van der Waals surface area contributed by atoms with Gasteiger partial charge < -0.3 is 30.0 Å². The highest BCUT2D eigenvalue weighted by Gasteiger charge is 2.16. The van der Waals surface area contributed by atoms with Gasteiger partial charge in [0.05, 0.1) is 26.0 Å². The zero-order valence-corrected chi connectivity index (χ0v) is 22.9. The van der Waals surface area contributed by atoms with Gasteiger partial charge in [0.25, 0.3) is 0 Å². The molecular weight excluding hydrogens is 504 g/mol. The molecule has 0 bridgehead atoms. The lowest BCUT2D eigenvalue weighted by Gasteiger charge is -2.20. The van der Waals surface area contributed by atoms with Crippen molar-refractivity contribution < 1.29 is 24.1 Å². The van der Waals surface area contributed by atoms with E-state index in [1.54, 1.807) is 26.4 Å².